The molecule has 2 unspecified atom stereocenters. The molecule has 0 spiro atoms. The fraction of sp³-hybridized carbons (Fsp3) is 0.571. The van der Waals surface area contributed by atoms with Crippen LogP contribution < -0.4 is 5.32 Å². The standard InChI is InChI=1S/C14H22FN/c1-5-16-12(4)9-11(3)13-8-10(2)6-7-14(13)15/h6-8,11-12,16H,5,9H2,1-4H3. The van der Waals surface area contributed by atoms with E-state index in [0.29, 0.717) is 6.04 Å². The van der Waals surface area contributed by atoms with Gasteiger partial charge in [0.15, 0.2) is 0 Å². The van der Waals surface area contributed by atoms with Gasteiger partial charge >= 0.3 is 0 Å². The van der Waals surface area contributed by atoms with Crippen LogP contribution in [0.4, 0.5) is 4.39 Å². The monoisotopic (exact) mass is 223 g/mol. The van der Waals surface area contributed by atoms with Gasteiger partial charge in [-0.1, -0.05) is 31.5 Å². The fourth-order valence-corrected chi connectivity index (χ4v) is 2.13. The Hall–Kier alpha value is -0.890. The van der Waals surface area contributed by atoms with Gasteiger partial charge in [-0.3, -0.25) is 0 Å². The zero-order valence-corrected chi connectivity index (χ0v) is 10.7. The second kappa shape index (κ2) is 6.00. The molecule has 0 radical (unpaired) electrons. The predicted molar refractivity (Wildman–Crippen MR) is 67.3 cm³/mol. The maximum Gasteiger partial charge on any atom is 0.126 e. The van der Waals surface area contributed by atoms with E-state index in [-0.39, 0.29) is 11.7 Å². The number of hydrogen-bond acceptors (Lipinski definition) is 1. The van der Waals surface area contributed by atoms with Gasteiger partial charge < -0.3 is 5.32 Å². The third kappa shape index (κ3) is 3.60. The highest BCUT2D eigenvalue weighted by Crippen LogP contribution is 2.24. The molecule has 0 saturated heterocycles. The van der Waals surface area contributed by atoms with E-state index in [1.54, 1.807) is 6.07 Å². The van der Waals surface area contributed by atoms with Gasteiger partial charge in [0.05, 0.1) is 0 Å². The SMILES string of the molecule is CCNC(C)CC(C)c1cc(C)ccc1F. The summed E-state index contributed by atoms with van der Waals surface area (Å²) in [4.78, 5) is 0. The minimum absolute atomic E-state index is 0.0817. The molecule has 0 fully saturated rings. The number of nitrogens with one attached hydrogen (secondary N) is 1. The second-order valence-corrected chi connectivity index (χ2v) is 4.62. The molecule has 1 aromatic rings. The van der Waals surface area contributed by atoms with Crippen molar-refractivity contribution < 1.29 is 4.39 Å². The number of benzene rings is 1. The highest BCUT2D eigenvalue weighted by Gasteiger charge is 2.13. The topological polar surface area (TPSA) is 12.0 Å². The molecule has 0 aliphatic carbocycles. The lowest BCUT2D eigenvalue weighted by Gasteiger charge is -2.19. The van der Waals surface area contributed by atoms with Crippen molar-refractivity contribution in [2.24, 2.45) is 0 Å². The first-order valence-electron chi connectivity index (χ1n) is 6.04. The predicted octanol–water partition coefficient (Wildman–Crippen LogP) is 3.63. The summed E-state index contributed by atoms with van der Waals surface area (Å²) in [5.41, 5.74) is 1.96. The van der Waals surface area contributed by atoms with Crippen LogP contribution in [-0.2, 0) is 0 Å². The van der Waals surface area contributed by atoms with E-state index >= 15 is 0 Å². The summed E-state index contributed by atoms with van der Waals surface area (Å²) in [5, 5.41) is 3.36. The molecule has 0 bridgehead atoms. The van der Waals surface area contributed by atoms with Crippen LogP contribution in [0.15, 0.2) is 18.2 Å². The highest BCUT2D eigenvalue weighted by molar-refractivity contribution is 5.26. The third-order valence-corrected chi connectivity index (χ3v) is 2.94. The molecule has 90 valence electrons. The van der Waals surface area contributed by atoms with E-state index in [1.807, 2.05) is 19.1 Å². The van der Waals surface area contributed by atoms with Crippen molar-refractivity contribution >= 4 is 0 Å². The maximum absolute atomic E-state index is 13.6. The summed E-state index contributed by atoms with van der Waals surface area (Å²) in [6.07, 6.45) is 0.966. The van der Waals surface area contributed by atoms with Crippen LogP contribution in [-0.4, -0.2) is 12.6 Å². The van der Waals surface area contributed by atoms with Crippen molar-refractivity contribution in [2.45, 2.75) is 46.1 Å². The Labute approximate surface area is 98.1 Å². The normalized spacial score (nSPS) is 14.8. The van der Waals surface area contributed by atoms with E-state index < -0.39 is 0 Å². The van der Waals surface area contributed by atoms with Gasteiger partial charge in [-0.2, -0.15) is 0 Å². The molecule has 0 heterocycles. The number of aryl methyl sites for hydroxylation is 1. The lowest BCUT2D eigenvalue weighted by Crippen LogP contribution is -2.27. The van der Waals surface area contributed by atoms with Crippen LogP contribution in [0.2, 0.25) is 0 Å². The molecule has 0 aromatic heterocycles. The molecule has 1 N–H and O–H groups in total. The highest BCUT2D eigenvalue weighted by atomic mass is 19.1. The number of rotatable bonds is 5. The third-order valence-electron chi connectivity index (χ3n) is 2.94. The molecule has 16 heavy (non-hydrogen) atoms. The smallest absolute Gasteiger partial charge is 0.126 e. The first-order chi connectivity index (χ1) is 7.54. The summed E-state index contributed by atoms with van der Waals surface area (Å²) in [5.74, 6) is 0.177. The average Bonchev–Trinajstić information content (AvgIpc) is 2.21. The maximum atomic E-state index is 13.6. The Kier molecular flexibility index (Phi) is 4.94. The Balaban J connectivity index is 2.72. The fourth-order valence-electron chi connectivity index (χ4n) is 2.13. The van der Waals surface area contributed by atoms with Crippen LogP contribution >= 0.6 is 0 Å². The molecule has 2 heteroatoms. The van der Waals surface area contributed by atoms with Gasteiger partial charge in [0.1, 0.15) is 5.82 Å². The molecule has 0 aliphatic rings. The Bertz CT molecular complexity index is 336. The van der Waals surface area contributed by atoms with Crippen molar-refractivity contribution in [1.82, 2.24) is 5.32 Å². The van der Waals surface area contributed by atoms with Gasteiger partial charge in [-0.25, -0.2) is 4.39 Å². The van der Waals surface area contributed by atoms with Gasteiger partial charge in [0, 0.05) is 6.04 Å². The quantitative estimate of drug-likeness (QED) is 0.804. The van der Waals surface area contributed by atoms with Gasteiger partial charge in [-0.05, 0) is 44.4 Å². The summed E-state index contributed by atoms with van der Waals surface area (Å²) < 4.78 is 13.6. The first-order valence-corrected chi connectivity index (χ1v) is 6.04. The lowest BCUT2D eigenvalue weighted by atomic mass is 9.93. The second-order valence-electron chi connectivity index (χ2n) is 4.62. The average molecular weight is 223 g/mol. The Morgan fingerprint density at radius 2 is 2.00 bits per heavy atom. The minimum Gasteiger partial charge on any atom is -0.315 e. The zero-order valence-electron chi connectivity index (χ0n) is 10.7. The van der Waals surface area contributed by atoms with E-state index in [0.717, 1.165) is 24.1 Å². The summed E-state index contributed by atoms with van der Waals surface area (Å²) >= 11 is 0. The van der Waals surface area contributed by atoms with Crippen LogP contribution in [0.3, 0.4) is 0 Å². The van der Waals surface area contributed by atoms with Crippen molar-refractivity contribution in [3.8, 4) is 0 Å². The molecule has 1 nitrogen and oxygen atoms in total. The molecule has 1 rings (SSSR count). The minimum atomic E-state index is -0.0817. The molecular weight excluding hydrogens is 201 g/mol. The van der Waals surface area contributed by atoms with Gasteiger partial charge in [-0.15, -0.1) is 0 Å². The van der Waals surface area contributed by atoms with Crippen LogP contribution in [0.1, 0.15) is 44.2 Å². The molecule has 1 aromatic carbocycles. The molecule has 0 amide bonds. The summed E-state index contributed by atoms with van der Waals surface area (Å²) in [7, 11) is 0. The summed E-state index contributed by atoms with van der Waals surface area (Å²) in [6.45, 7) is 9.29. The Morgan fingerprint density at radius 3 is 2.62 bits per heavy atom. The molecular formula is C14H22FN. The van der Waals surface area contributed by atoms with Crippen molar-refractivity contribution in [1.29, 1.82) is 0 Å². The van der Waals surface area contributed by atoms with Gasteiger partial charge in [0.25, 0.3) is 0 Å². The van der Waals surface area contributed by atoms with Gasteiger partial charge in [0.2, 0.25) is 0 Å². The number of halogens is 1. The van der Waals surface area contributed by atoms with Crippen LogP contribution in [0, 0.1) is 12.7 Å². The molecule has 0 aliphatic heterocycles. The zero-order chi connectivity index (χ0) is 12.1. The number of hydrogen-bond donors (Lipinski definition) is 1. The van der Waals surface area contributed by atoms with Crippen LogP contribution in [0.5, 0.6) is 0 Å². The first kappa shape index (κ1) is 13.2. The lowest BCUT2D eigenvalue weighted by molar-refractivity contribution is 0.478. The Morgan fingerprint density at radius 1 is 1.31 bits per heavy atom. The van der Waals surface area contributed by atoms with E-state index in [9.17, 15) is 4.39 Å². The largest absolute Gasteiger partial charge is 0.315 e. The summed E-state index contributed by atoms with van der Waals surface area (Å²) in [6, 6.07) is 5.77. The van der Waals surface area contributed by atoms with E-state index in [1.165, 1.54) is 0 Å². The molecule has 0 saturated carbocycles. The molecule has 2 atom stereocenters. The van der Waals surface area contributed by atoms with Crippen molar-refractivity contribution in [3.05, 3.63) is 35.1 Å². The van der Waals surface area contributed by atoms with E-state index in [4.69, 9.17) is 0 Å². The van der Waals surface area contributed by atoms with E-state index in [2.05, 4.69) is 26.1 Å². The van der Waals surface area contributed by atoms with Crippen molar-refractivity contribution in [3.63, 3.8) is 0 Å². The van der Waals surface area contributed by atoms with Crippen LogP contribution in [0.25, 0.3) is 0 Å². The van der Waals surface area contributed by atoms with Crippen molar-refractivity contribution in [2.75, 3.05) is 6.54 Å².